The molecule has 0 amide bonds. The van der Waals surface area contributed by atoms with E-state index in [4.69, 9.17) is 0 Å². The molecule has 2 fully saturated rings. The zero-order valence-electron chi connectivity index (χ0n) is 21.9. The highest BCUT2D eigenvalue weighted by Gasteiger charge is 2.59. The van der Waals surface area contributed by atoms with Crippen LogP contribution < -0.4 is 0 Å². The summed E-state index contributed by atoms with van der Waals surface area (Å²) in [5, 5.41) is 19.6. The number of halogens is 2. The Hall–Kier alpha value is -2.69. The van der Waals surface area contributed by atoms with Gasteiger partial charge in [0.15, 0.2) is 0 Å². The molecule has 0 bridgehead atoms. The predicted molar refractivity (Wildman–Crippen MR) is 158 cm³/mol. The molecule has 0 spiro atoms. The van der Waals surface area contributed by atoms with E-state index in [2.05, 4.69) is 11.2 Å². The molecule has 7 heteroatoms. The molecule has 202 valence electrons. The molecule has 8 atom stereocenters. The maximum absolute atomic E-state index is 13.6. The highest BCUT2D eigenvalue weighted by atomic mass is 32.2. The first-order valence-corrected chi connectivity index (χ1v) is 16.2. The van der Waals surface area contributed by atoms with E-state index in [1.54, 1.807) is 24.3 Å². The van der Waals surface area contributed by atoms with Gasteiger partial charge < -0.3 is 5.41 Å². The molecule has 0 aromatic heterocycles. The van der Waals surface area contributed by atoms with E-state index in [1.807, 2.05) is 47.8 Å². The number of fused-ring (bicyclic) bond motifs is 7. The molecule has 4 aliphatic carbocycles. The van der Waals surface area contributed by atoms with Crippen molar-refractivity contribution >= 4 is 34.9 Å². The number of hydrogen-bond acceptors (Lipinski definition) is 5. The van der Waals surface area contributed by atoms with E-state index in [0.717, 1.165) is 49.9 Å². The number of nitriles is 1. The fourth-order valence-corrected chi connectivity index (χ4v) is 12.5. The summed E-state index contributed by atoms with van der Waals surface area (Å²) in [6, 6.07) is 13.9. The SMILES string of the molecule is N#CN=C1C2=C(C3CCC(c4ccc(F)cc4)CC13)C1SC3=C(C4CCC(c5ccc(F)cc5)CC4C3=N)C1S2. The molecular weight excluding hydrogens is 541 g/mol. The van der Waals surface area contributed by atoms with Crippen molar-refractivity contribution in [3.05, 3.63) is 92.2 Å². The number of rotatable bonds is 2. The van der Waals surface area contributed by atoms with Gasteiger partial charge in [0.25, 0.3) is 0 Å². The Morgan fingerprint density at radius 3 is 1.77 bits per heavy atom. The van der Waals surface area contributed by atoms with Crippen LogP contribution in [-0.4, -0.2) is 21.9 Å². The van der Waals surface area contributed by atoms with E-state index in [0.29, 0.717) is 34.2 Å². The molecule has 2 aliphatic heterocycles. The molecule has 0 saturated heterocycles. The van der Waals surface area contributed by atoms with Gasteiger partial charge in [-0.1, -0.05) is 24.3 Å². The van der Waals surface area contributed by atoms with E-state index in [1.165, 1.54) is 32.1 Å². The molecule has 0 radical (unpaired) electrons. The van der Waals surface area contributed by atoms with Gasteiger partial charge in [-0.15, -0.1) is 23.5 Å². The molecule has 1 N–H and O–H groups in total. The monoisotopic (exact) mass is 569 g/mol. The predicted octanol–water partition coefficient (Wildman–Crippen LogP) is 8.37. The van der Waals surface area contributed by atoms with E-state index in [-0.39, 0.29) is 23.5 Å². The lowest BCUT2D eigenvalue weighted by atomic mass is 9.69. The highest BCUT2D eigenvalue weighted by molar-refractivity contribution is 8.10. The van der Waals surface area contributed by atoms with Crippen molar-refractivity contribution in [1.82, 2.24) is 0 Å². The molecule has 3 nitrogen and oxygen atoms in total. The Balaban J connectivity index is 1.03. The van der Waals surface area contributed by atoms with Crippen LogP contribution in [0.2, 0.25) is 0 Å². The molecule has 40 heavy (non-hydrogen) atoms. The fourth-order valence-electron chi connectivity index (χ4n) is 8.72. The van der Waals surface area contributed by atoms with Crippen LogP contribution in [0.25, 0.3) is 0 Å². The highest BCUT2D eigenvalue weighted by Crippen LogP contribution is 2.68. The van der Waals surface area contributed by atoms with Gasteiger partial charge in [-0.05, 0) is 109 Å². The van der Waals surface area contributed by atoms with Gasteiger partial charge in [-0.25, -0.2) is 8.78 Å². The number of hydrogen-bond donors (Lipinski definition) is 1. The number of nitrogens with zero attached hydrogens (tertiary/aromatic N) is 2. The normalized spacial score (nSPS) is 36.8. The van der Waals surface area contributed by atoms with Crippen LogP contribution in [-0.2, 0) is 0 Å². The van der Waals surface area contributed by atoms with Crippen LogP contribution in [0.4, 0.5) is 8.78 Å². The van der Waals surface area contributed by atoms with Gasteiger partial charge in [-0.3, -0.25) is 0 Å². The third kappa shape index (κ3) is 3.68. The summed E-state index contributed by atoms with van der Waals surface area (Å²) < 4.78 is 27.1. The lowest BCUT2D eigenvalue weighted by molar-refractivity contribution is 0.307. The second-order valence-corrected chi connectivity index (χ2v) is 14.5. The Morgan fingerprint density at radius 1 is 0.700 bits per heavy atom. The van der Waals surface area contributed by atoms with Crippen LogP contribution in [0.15, 0.2) is 74.5 Å². The Bertz CT molecular complexity index is 1550. The third-order valence-corrected chi connectivity index (χ3v) is 13.6. The van der Waals surface area contributed by atoms with Crippen molar-refractivity contribution in [2.45, 2.75) is 60.9 Å². The number of allylic oxidation sites excluding steroid dienone is 2. The maximum atomic E-state index is 13.6. The summed E-state index contributed by atoms with van der Waals surface area (Å²) >= 11 is 3.85. The van der Waals surface area contributed by atoms with Crippen molar-refractivity contribution in [1.29, 1.82) is 10.7 Å². The molecule has 2 aromatic carbocycles. The van der Waals surface area contributed by atoms with E-state index < -0.39 is 0 Å². The number of nitrogens with one attached hydrogen (secondary N) is 1. The second-order valence-electron chi connectivity index (χ2n) is 12.2. The van der Waals surface area contributed by atoms with Crippen LogP contribution >= 0.6 is 23.5 Å². The van der Waals surface area contributed by atoms with Crippen LogP contribution in [0.5, 0.6) is 0 Å². The van der Waals surface area contributed by atoms with Crippen molar-refractivity contribution in [3.63, 3.8) is 0 Å². The smallest absolute Gasteiger partial charge is 0.205 e. The lowest BCUT2D eigenvalue weighted by Gasteiger charge is -2.38. The molecule has 2 saturated carbocycles. The van der Waals surface area contributed by atoms with Crippen LogP contribution in [0, 0.1) is 52.2 Å². The Labute approximate surface area is 241 Å². The number of benzene rings is 2. The van der Waals surface area contributed by atoms with Crippen molar-refractivity contribution in [3.8, 4) is 6.19 Å². The van der Waals surface area contributed by atoms with Crippen molar-refractivity contribution in [2.75, 3.05) is 0 Å². The first-order chi connectivity index (χ1) is 19.5. The van der Waals surface area contributed by atoms with Gasteiger partial charge in [0.1, 0.15) is 11.6 Å². The van der Waals surface area contributed by atoms with Gasteiger partial charge in [0, 0.05) is 37.9 Å². The first-order valence-electron chi connectivity index (χ1n) is 14.4. The minimum Gasteiger partial charge on any atom is -0.304 e. The lowest BCUT2D eigenvalue weighted by Crippen LogP contribution is -2.33. The quantitative estimate of drug-likeness (QED) is 0.370. The first kappa shape index (κ1) is 25.1. The topological polar surface area (TPSA) is 60.0 Å². The zero-order valence-corrected chi connectivity index (χ0v) is 23.6. The summed E-state index contributed by atoms with van der Waals surface area (Å²) in [6.07, 6.45) is 8.32. The molecule has 6 aliphatic rings. The molecule has 8 rings (SSSR count). The number of thioether (sulfide) groups is 2. The van der Waals surface area contributed by atoms with E-state index in [9.17, 15) is 19.5 Å². The molecular formula is C33H29F2N3S2. The van der Waals surface area contributed by atoms with Crippen LogP contribution in [0.3, 0.4) is 0 Å². The average Bonchev–Trinajstić information content (AvgIpc) is 3.67. The van der Waals surface area contributed by atoms with E-state index >= 15 is 0 Å². The average molecular weight is 570 g/mol. The second kappa shape index (κ2) is 9.42. The van der Waals surface area contributed by atoms with Gasteiger partial charge in [0.2, 0.25) is 6.19 Å². The van der Waals surface area contributed by atoms with Gasteiger partial charge in [0.05, 0.1) is 5.71 Å². The Morgan fingerprint density at radius 2 is 1.20 bits per heavy atom. The molecule has 8 unspecified atom stereocenters. The summed E-state index contributed by atoms with van der Waals surface area (Å²) in [5.41, 5.74) is 7.18. The third-order valence-electron chi connectivity index (χ3n) is 10.5. The van der Waals surface area contributed by atoms with Crippen molar-refractivity contribution < 1.29 is 8.78 Å². The standard InChI is InChI=1S/C33H29F2N3S2/c34-20-7-1-16(2-8-20)18-5-11-22-24(13-18)28(37)30-26(22)32-33(39-30)27-23-12-6-19(17-3-9-21(35)10-4-17)14-25(23)29(38-15-36)31(27)40-32/h1-4,7-10,18-19,22-25,32-33,37H,5-6,11-14H2. The minimum absolute atomic E-state index is 0.196. The number of aliphatic imine (C=N–C) groups is 1. The summed E-state index contributed by atoms with van der Waals surface area (Å²) in [6.45, 7) is 0. The Kier molecular flexibility index (Phi) is 5.90. The molecule has 2 heterocycles. The fraction of sp³-hybridized carbons (Fsp3) is 0.424. The minimum atomic E-state index is -0.205. The van der Waals surface area contributed by atoms with Gasteiger partial charge >= 0.3 is 0 Å². The van der Waals surface area contributed by atoms with Gasteiger partial charge in [-0.2, -0.15) is 10.3 Å². The zero-order chi connectivity index (χ0) is 27.1. The maximum Gasteiger partial charge on any atom is 0.205 e. The molecule has 2 aromatic rings. The van der Waals surface area contributed by atoms with Crippen molar-refractivity contribution in [2.24, 2.45) is 28.7 Å². The summed E-state index contributed by atoms with van der Waals surface area (Å²) in [4.78, 5) is 6.95. The summed E-state index contributed by atoms with van der Waals surface area (Å²) in [5.74, 6) is 1.68. The van der Waals surface area contributed by atoms with Crippen LogP contribution in [0.1, 0.15) is 61.5 Å². The largest absolute Gasteiger partial charge is 0.304 e. The summed E-state index contributed by atoms with van der Waals surface area (Å²) in [7, 11) is 0.